The van der Waals surface area contributed by atoms with Crippen LogP contribution in [0.3, 0.4) is 0 Å². The van der Waals surface area contributed by atoms with Crippen molar-refractivity contribution in [2.75, 3.05) is 0 Å². The Balaban J connectivity index is 1.29. The molecule has 0 aliphatic carbocycles. The Bertz CT molecular complexity index is 969. The molecule has 1 N–H and O–H groups in total. The predicted octanol–water partition coefficient (Wildman–Crippen LogP) is 2.72. The first-order chi connectivity index (χ1) is 13.3. The topological polar surface area (TPSA) is 69.0 Å². The Kier molecular flexibility index (Phi) is 4.13. The maximum Gasteiger partial charge on any atom is 0.253 e. The molecule has 0 unspecified atom stereocenters. The molecule has 1 amide bonds. The van der Waals surface area contributed by atoms with Crippen molar-refractivity contribution in [3.63, 3.8) is 0 Å². The molecule has 0 spiro atoms. The number of ether oxygens (including phenoxy) is 1. The number of hydrogen-bond donors (Lipinski definition) is 1. The summed E-state index contributed by atoms with van der Waals surface area (Å²) in [6.07, 6.45) is 7.93. The van der Waals surface area contributed by atoms with E-state index in [1.54, 1.807) is 12.5 Å². The number of nitrogens with one attached hydrogen (secondary N) is 1. The molecule has 4 heterocycles. The minimum atomic E-state index is -0.0932. The van der Waals surface area contributed by atoms with Gasteiger partial charge in [0.05, 0.1) is 30.1 Å². The van der Waals surface area contributed by atoms with E-state index in [0.717, 1.165) is 43.4 Å². The van der Waals surface area contributed by atoms with Gasteiger partial charge in [0, 0.05) is 12.7 Å². The SMILES string of the molecule is O=C(N[C@@H]1C[C@@H]2CC[C@H]1O2)c1cnc2c(c1)ncn2CCc1ccccc1. The summed E-state index contributed by atoms with van der Waals surface area (Å²) in [5.41, 5.74) is 3.40. The summed E-state index contributed by atoms with van der Waals surface area (Å²) in [4.78, 5) is 21.5. The van der Waals surface area contributed by atoms with Crippen molar-refractivity contribution >= 4 is 17.1 Å². The van der Waals surface area contributed by atoms with Gasteiger partial charge in [-0.2, -0.15) is 0 Å². The van der Waals surface area contributed by atoms with Gasteiger partial charge in [-0.05, 0) is 37.3 Å². The summed E-state index contributed by atoms with van der Waals surface area (Å²) in [7, 11) is 0. The number of carbonyl (C=O) groups excluding carboxylic acids is 1. The average Bonchev–Trinajstić information content (AvgIpc) is 3.42. The molecule has 138 valence electrons. The fraction of sp³-hybridized carbons (Fsp3) is 0.381. The van der Waals surface area contributed by atoms with Crippen molar-refractivity contribution in [1.82, 2.24) is 19.9 Å². The van der Waals surface area contributed by atoms with Gasteiger partial charge in [-0.15, -0.1) is 0 Å². The summed E-state index contributed by atoms with van der Waals surface area (Å²) in [6, 6.07) is 12.3. The molecule has 0 saturated carbocycles. The van der Waals surface area contributed by atoms with E-state index in [9.17, 15) is 4.79 Å². The van der Waals surface area contributed by atoms with E-state index in [0.29, 0.717) is 11.7 Å². The first-order valence-corrected chi connectivity index (χ1v) is 9.57. The second kappa shape index (κ2) is 6.78. The lowest BCUT2D eigenvalue weighted by Crippen LogP contribution is -2.41. The second-order valence-electron chi connectivity index (χ2n) is 7.43. The van der Waals surface area contributed by atoms with Crippen molar-refractivity contribution in [2.24, 2.45) is 0 Å². The Morgan fingerprint density at radius 2 is 2.11 bits per heavy atom. The zero-order valence-electron chi connectivity index (χ0n) is 15.0. The van der Waals surface area contributed by atoms with Gasteiger partial charge in [0.15, 0.2) is 5.65 Å². The van der Waals surface area contributed by atoms with Crippen LogP contribution in [-0.4, -0.2) is 38.7 Å². The Hall–Kier alpha value is -2.73. The monoisotopic (exact) mass is 362 g/mol. The molecule has 27 heavy (non-hydrogen) atoms. The molecule has 2 fully saturated rings. The van der Waals surface area contributed by atoms with Crippen molar-refractivity contribution in [1.29, 1.82) is 0 Å². The highest BCUT2D eigenvalue weighted by atomic mass is 16.5. The highest BCUT2D eigenvalue weighted by Crippen LogP contribution is 2.34. The van der Waals surface area contributed by atoms with Gasteiger partial charge in [0.1, 0.15) is 5.52 Å². The minimum absolute atomic E-state index is 0.0932. The van der Waals surface area contributed by atoms with E-state index in [-0.39, 0.29) is 18.1 Å². The standard InChI is InChI=1S/C21H22N4O2/c26-21(24-17-11-16-6-7-19(17)27-16)15-10-18-20(22-12-15)25(13-23-18)9-8-14-4-2-1-3-5-14/h1-5,10,12-13,16-17,19H,6-9,11H2,(H,24,26)/t16-,17+,19+/m0/s1. The lowest BCUT2D eigenvalue weighted by molar-refractivity contribution is 0.0841. The zero-order valence-corrected chi connectivity index (χ0v) is 15.0. The largest absolute Gasteiger partial charge is 0.373 e. The fourth-order valence-corrected chi connectivity index (χ4v) is 4.17. The van der Waals surface area contributed by atoms with Crippen molar-refractivity contribution in [3.8, 4) is 0 Å². The highest BCUT2D eigenvalue weighted by Gasteiger charge is 2.41. The van der Waals surface area contributed by atoms with Crippen LogP contribution < -0.4 is 5.32 Å². The smallest absolute Gasteiger partial charge is 0.253 e. The Morgan fingerprint density at radius 1 is 1.22 bits per heavy atom. The fourth-order valence-electron chi connectivity index (χ4n) is 4.17. The van der Waals surface area contributed by atoms with Gasteiger partial charge in [-0.3, -0.25) is 4.79 Å². The molecule has 0 radical (unpaired) electrons. The summed E-state index contributed by atoms with van der Waals surface area (Å²) in [6.45, 7) is 0.807. The van der Waals surface area contributed by atoms with Crippen LogP contribution in [0.25, 0.3) is 11.2 Å². The molecule has 2 aliphatic rings. The molecule has 2 saturated heterocycles. The number of pyridine rings is 1. The molecule has 3 atom stereocenters. The molecule has 2 aliphatic heterocycles. The lowest BCUT2D eigenvalue weighted by Gasteiger charge is -2.19. The van der Waals surface area contributed by atoms with Crippen molar-refractivity contribution < 1.29 is 9.53 Å². The van der Waals surface area contributed by atoms with Crippen molar-refractivity contribution in [3.05, 3.63) is 60.0 Å². The van der Waals surface area contributed by atoms with Crippen LogP contribution in [0.5, 0.6) is 0 Å². The number of amides is 1. The maximum atomic E-state index is 12.6. The number of rotatable bonds is 5. The van der Waals surface area contributed by atoms with E-state index in [4.69, 9.17) is 4.74 Å². The highest BCUT2D eigenvalue weighted by molar-refractivity contribution is 5.96. The first-order valence-electron chi connectivity index (χ1n) is 9.57. The van der Waals surface area contributed by atoms with Crippen LogP contribution in [0.4, 0.5) is 0 Å². The van der Waals surface area contributed by atoms with Gasteiger partial charge >= 0.3 is 0 Å². The van der Waals surface area contributed by atoms with Crippen LogP contribution in [0.1, 0.15) is 35.2 Å². The van der Waals surface area contributed by atoms with Crippen molar-refractivity contribution in [2.45, 2.75) is 50.5 Å². The number of aromatic nitrogens is 3. The number of benzene rings is 1. The van der Waals surface area contributed by atoms with Gasteiger partial charge < -0.3 is 14.6 Å². The average molecular weight is 362 g/mol. The zero-order chi connectivity index (χ0) is 18.2. The van der Waals surface area contributed by atoms with Crippen LogP contribution in [-0.2, 0) is 17.7 Å². The van der Waals surface area contributed by atoms with Gasteiger partial charge in [-0.25, -0.2) is 9.97 Å². The molecule has 6 heteroatoms. The van der Waals surface area contributed by atoms with Gasteiger partial charge in [0.2, 0.25) is 0 Å². The molecule has 2 bridgehead atoms. The molecule has 1 aromatic carbocycles. The Morgan fingerprint density at radius 3 is 2.89 bits per heavy atom. The third-order valence-corrected chi connectivity index (χ3v) is 5.62. The van der Waals surface area contributed by atoms with E-state index in [2.05, 4.69) is 27.4 Å². The van der Waals surface area contributed by atoms with E-state index in [1.807, 2.05) is 28.8 Å². The number of fused-ring (bicyclic) bond motifs is 3. The number of carbonyl (C=O) groups is 1. The summed E-state index contributed by atoms with van der Waals surface area (Å²) in [5.74, 6) is -0.0932. The molecule has 2 aromatic heterocycles. The summed E-state index contributed by atoms with van der Waals surface area (Å²) >= 11 is 0. The van der Waals surface area contributed by atoms with Gasteiger partial charge in [0.25, 0.3) is 5.91 Å². The minimum Gasteiger partial charge on any atom is -0.373 e. The van der Waals surface area contributed by atoms with Crippen LogP contribution in [0.2, 0.25) is 0 Å². The van der Waals surface area contributed by atoms with E-state index >= 15 is 0 Å². The van der Waals surface area contributed by atoms with E-state index < -0.39 is 0 Å². The summed E-state index contributed by atoms with van der Waals surface area (Å²) < 4.78 is 7.85. The first kappa shape index (κ1) is 16.4. The maximum absolute atomic E-state index is 12.6. The number of aryl methyl sites for hydroxylation is 2. The van der Waals surface area contributed by atoms with Crippen LogP contribution >= 0.6 is 0 Å². The number of nitrogens with zero attached hydrogens (tertiary/aromatic N) is 3. The molecular weight excluding hydrogens is 340 g/mol. The number of hydrogen-bond acceptors (Lipinski definition) is 4. The van der Waals surface area contributed by atoms with E-state index in [1.165, 1.54) is 5.56 Å². The normalized spacial score (nSPS) is 23.8. The molecule has 6 nitrogen and oxygen atoms in total. The predicted molar refractivity (Wildman–Crippen MR) is 101 cm³/mol. The molecule has 3 aromatic rings. The van der Waals surface area contributed by atoms with Crippen LogP contribution in [0, 0.1) is 0 Å². The Labute approximate surface area is 157 Å². The quantitative estimate of drug-likeness (QED) is 0.758. The molecule has 5 rings (SSSR count). The third-order valence-electron chi connectivity index (χ3n) is 5.62. The molecular formula is C21H22N4O2. The van der Waals surface area contributed by atoms with Gasteiger partial charge in [-0.1, -0.05) is 30.3 Å². The second-order valence-corrected chi connectivity index (χ2v) is 7.43. The summed E-state index contributed by atoms with van der Waals surface area (Å²) in [5, 5.41) is 3.11. The lowest BCUT2D eigenvalue weighted by atomic mass is 9.95. The third kappa shape index (κ3) is 3.21. The number of imidazole rings is 1. The van der Waals surface area contributed by atoms with Crippen LogP contribution in [0.15, 0.2) is 48.9 Å².